The maximum Gasteiger partial charge on any atom is 0.235 e. The van der Waals surface area contributed by atoms with E-state index in [1.54, 1.807) is 30.3 Å². The smallest absolute Gasteiger partial charge is 0.235 e. The first kappa shape index (κ1) is 13.1. The Labute approximate surface area is 114 Å². The molecular formula is C11H14N4OS2. The molecule has 1 N–H and O–H groups in total. The third kappa shape index (κ3) is 2.91. The van der Waals surface area contributed by atoms with Crippen molar-refractivity contribution in [2.45, 2.75) is 17.3 Å². The van der Waals surface area contributed by atoms with Crippen molar-refractivity contribution >= 4 is 29.0 Å². The fourth-order valence-corrected chi connectivity index (χ4v) is 2.93. The summed E-state index contributed by atoms with van der Waals surface area (Å²) in [6, 6.07) is 3.95. The molecule has 0 saturated carbocycles. The average Bonchev–Trinajstić information content (AvgIpc) is 2.96. The second-order valence-corrected chi connectivity index (χ2v) is 6.19. The van der Waals surface area contributed by atoms with Crippen LogP contribution < -0.4 is 0 Å². The molecule has 5 nitrogen and oxygen atoms in total. The number of amides is 1. The van der Waals surface area contributed by atoms with Gasteiger partial charge in [-0.25, -0.2) is 4.98 Å². The molecule has 2 heterocycles. The minimum Gasteiger partial charge on any atom is -0.348 e. The van der Waals surface area contributed by atoms with Gasteiger partial charge in [-0.15, -0.1) is 16.4 Å². The van der Waals surface area contributed by atoms with Gasteiger partial charge in [-0.1, -0.05) is 17.8 Å². The molecule has 0 saturated heterocycles. The molecule has 7 heteroatoms. The zero-order chi connectivity index (χ0) is 13.1. The minimum atomic E-state index is -0.188. The van der Waals surface area contributed by atoms with Gasteiger partial charge < -0.3 is 4.90 Å². The van der Waals surface area contributed by atoms with Crippen molar-refractivity contribution in [3.8, 4) is 10.7 Å². The van der Waals surface area contributed by atoms with Gasteiger partial charge in [0.1, 0.15) is 0 Å². The van der Waals surface area contributed by atoms with E-state index in [-0.39, 0.29) is 11.2 Å². The molecule has 0 unspecified atom stereocenters. The molecule has 2 aromatic rings. The van der Waals surface area contributed by atoms with Crippen LogP contribution in [0.5, 0.6) is 0 Å². The lowest BCUT2D eigenvalue weighted by Gasteiger charge is -2.14. The van der Waals surface area contributed by atoms with Gasteiger partial charge in [0.2, 0.25) is 11.1 Å². The summed E-state index contributed by atoms with van der Waals surface area (Å²) in [6.07, 6.45) is 0. The fourth-order valence-electron chi connectivity index (χ4n) is 1.39. The third-order valence-corrected chi connectivity index (χ3v) is 4.12. The molecule has 0 aliphatic rings. The SMILES string of the molecule is C[C@H](Sc1n[nH]c(-c2cccs2)n1)C(=O)N(C)C. The second kappa shape index (κ2) is 5.53. The van der Waals surface area contributed by atoms with Gasteiger partial charge in [0, 0.05) is 14.1 Å². The lowest BCUT2D eigenvalue weighted by atomic mass is 10.4. The van der Waals surface area contributed by atoms with Crippen LogP contribution >= 0.6 is 23.1 Å². The summed E-state index contributed by atoms with van der Waals surface area (Å²) in [5, 5.41) is 9.40. The van der Waals surface area contributed by atoms with E-state index in [9.17, 15) is 4.79 Å². The normalized spacial score (nSPS) is 12.4. The van der Waals surface area contributed by atoms with E-state index in [1.807, 2.05) is 24.4 Å². The average molecular weight is 282 g/mol. The summed E-state index contributed by atoms with van der Waals surface area (Å²) in [7, 11) is 3.49. The summed E-state index contributed by atoms with van der Waals surface area (Å²) in [4.78, 5) is 18.7. The molecule has 0 fully saturated rings. The van der Waals surface area contributed by atoms with Crippen molar-refractivity contribution < 1.29 is 4.79 Å². The quantitative estimate of drug-likeness (QED) is 0.872. The first-order chi connectivity index (χ1) is 8.58. The van der Waals surface area contributed by atoms with Gasteiger partial charge >= 0.3 is 0 Å². The number of nitrogens with zero attached hydrogens (tertiary/aromatic N) is 3. The van der Waals surface area contributed by atoms with E-state index < -0.39 is 0 Å². The molecule has 1 amide bonds. The predicted molar refractivity (Wildman–Crippen MR) is 73.7 cm³/mol. The molecule has 0 radical (unpaired) electrons. The Morgan fingerprint density at radius 1 is 1.56 bits per heavy atom. The first-order valence-electron chi connectivity index (χ1n) is 5.42. The monoisotopic (exact) mass is 282 g/mol. The number of thiophene rings is 1. The lowest BCUT2D eigenvalue weighted by molar-refractivity contribution is -0.127. The highest BCUT2D eigenvalue weighted by Crippen LogP contribution is 2.25. The Morgan fingerprint density at radius 2 is 2.33 bits per heavy atom. The Balaban J connectivity index is 2.05. The Morgan fingerprint density at radius 3 is 2.94 bits per heavy atom. The van der Waals surface area contributed by atoms with Crippen LogP contribution in [0.3, 0.4) is 0 Å². The van der Waals surface area contributed by atoms with Crippen molar-refractivity contribution in [3.05, 3.63) is 17.5 Å². The lowest BCUT2D eigenvalue weighted by Crippen LogP contribution is -2.29. The number of thioether (sulfide) groups is 1. The number of aromatic amines is 1. The molecule has 2 rings (SSSR count). The van der Waals surface area contributed by atoms with Crippen LogP contribution in [-0.4, -0.2) is 45.3 Å². The molecule has 0 bridgehead atoms. The number of aromatic nitrogens is 3. The van der Waals surface area contributed by atoms with Crippen LogP contribution in [0.1, 0.15) is 6.92 Å². The molecule has 0 aliphatic carbocycles. The zero-order valence-electron chi connectivity index (χ0n) is 10.4. The number of hydrogen-bond acceptors (Lipinski definition) is 5. The Bertz CT molecular complexity index is 521. The van der Waals surface area contributed by atoms with Crippen LogP contribution in [0.15, 0.2) is 22.7 Å². The van der Waals surface area contributed by atoms with E-state index in [0.717, 1.165) is 10.7 Å². The highest BCUT2D eigenvalue weighted by atomic mass is 32.2. The molecule has 0 aliphatic heterocycles. The molecular weight excluding hydrogens is 268 g/mol. The van der Waals surface area contributed by atoms with Gasteiger partial charge in [-0.3, -0.25) is 9.89 Å². The summed E-state index contributed by atoms with van der Waals surface area (Å²) in [6.45, 7) is 1.86. The number of hydrogen-bond donors (Lipinski definition) is 1. The third-order valence-electron chi connectivity index (χ3n) is 2.29. The highest BCUT2D eigenvalue weighted by Gasteiger charge is 2.18. The Kier molecular flexibility index (Phi) is 4.03. The molecule has 18 heavy (non-hydrogen) atoms. The van der Waals surface area contributed by atoms with Gasteiger partial charge in [-0.2, -0.15) is 0 Å². The van der Waals surface area contributed by atoms with E-state index in [4.69, 9.17) is 0 Å². The molecule has 2 aromatic heterocycles. The maximum atomic E-state index is 11.7. The van der Waals surface area contributed by atoms with Crippen molar-refractivity contribution in [1.29, 1.82) is 0 Å². The maximum absolute atomic E-state index is 11.7. The zero-order valence-corrected chi connectivity index (χ0v) is 12.0. The first-order valence-corrected chi connectivity index (χ1v) is 7.18. The van der Waals surface area contributed by atoms with Gasteiger partial charge in [0.05, 0.1) is 10.1 Å². The number of H-pyrrole nitrogens is 1. The number of carbonyl (C=O) groups excluding carboxylic acids is 1. The van der Waals surface area contributed by atoms with Crippen LogP contribution in [0.4, 0.5) is 0 Å². The van der Waals surface area contributed by atoms with Gasteiger partial charge in [0.15, 0.2) is 5.82 Å². The van der Waals surface area contributed by atoms with E-state index in [0.29, 0.717) is 5.16 Å². The number of nitrogens with one attached hydrogen (secondary N) is 1. The molecule has 1 atom stereocenters. The molecule has 0 aromatic carbocycles. The van der Waals surface area contributed by atoms with E-state index in [2.05, 4.69) is 15.2 Å². The Hall–Kier alpha value is -1.34. The summed E-state index contributed by atoms with van der Waals surface area (Å²) in [5.74, 6) is 0.805. The van der Waals surface area contributed by atoms with Gasteiger partial charge in [0.25, 0.3) is 0 Å². The van der Waals surface area contributed by atoms with Crippen molar-refractivity contribution in [2.24, 2.45) is 0 Å². The van der Waals surface area contributed by atoms with Crippen molar-refractivity contribution in [1.82, 2.24) is 20.1 Å². The summed E-state index contributed by atoms with van der Waals surface area (Å²) in [5.41, 5.74) is 0. The highest BCUT2D eigenvalue weighted by molar-refractivity contribution is 8.00. The molecule has 96 valence electrons. The van der Waals surface area contributed by atoms with Gasteiger partial charge in [-0.05, 0) is 18.4 Å². The van der Waals surface area contributed by atoms with Crippen LogP contribution in [0.25, 0.3) is 10.7 Å². The predicted octanol–water partition coefficient (Wildman–Crippen LogP) is 2.10. The summed E-state index contributed by atoms with van der Waals surface area (Å²) < 4.78 is 0. The molecule has 0 spiro atoms. The fraction of sp³-hybridized carbons (Fsp3) is 0.364. The van der Waals surface area contributed by atoms with Crippen LogP contribution in [-0.2, 0) is 4.79 Å². The standard InChI is InChI=1S/C11H14N4OS2/c1-7(10(16)15(2)3)18-11-12-9(13-14-11)8-5-4-6-17-8/h4-7H,1-3H3,(H,12,13,14)/t7-/m0/s1. The van der Waals surface area contributed by atoms with E-state index >= 15 is 0 Å². The van der Waals surface area contributed by atoms with E-state index in [1.165, 1.54) is 11.8 Å². The van der Waals surface area contributed by atoms with Crippen LogP contribution in [0, 0.1) is 0 Å². The summed E-state index contributed by atoms with van der Waals surface area (Å²) >= 11 is 2.96. The minimum absolute atomic E-state index is 0.0578. The largest absolute Gasteiger partial charge is 0.348 e. The van der Waals surface area contributed by atoms with Crippen molar-refractivity contribution in [3.63, 3.8) is 0 Å². The number of carbonyl (C=O) groups is 1. The van der Waals surface area contributed by atoms with Crippen molar-refractivity contribution in [2.75, 3.05) is 14.1 Å². The second-order valence-electron chi connectivity index (χ2n) is 3.94. The topological polar surface area (TPSA) is 61.9 Å². The number of rotatable bonds is 4. The van der Waals surface area contributed by atoms with Crippen LogP contribution in [0.2, 0.25) is 0 Å².